The van der Waals surface area contributed by atoms with Crippen molar-refractivity contribution in [3.05, 3.63) is 95.5 Å². The molecule has 0 aliphatic carbocycles. The second-order valence-corrected chi connectivity index (χ2v) is 8.72. The minimum absolute atomic E-state index is 0.198. The van der Waals surface area contributed by atoms with Crippen LogP contribution in [0.2, 0.25) is 0 Å². The molecule has 8 nitrogen and oxygen atoms in total. The molecule has 1 saturated heterocycles. The van der Waals surface area contributed by atoms with E-state index >= 15 is 0 Å². The van der Waals surface area contributed by atoms with Gasteiger partial charge in [0.1, 0.15) is 16.9 Å². The molecule has 1 fully saturated rings. The number of urea groups is 1. The zero-order valence-electron chi connectivity index (χ0n) is 18.3. The van der Waals surface area contributed by atoms with Gasteiger partial charge in [0.2, 0.25) is 0 Å². The van der Waals surface area contributed by atoms with Crippen LogP contribution in [0.4, 0.5) is 4.79 Å². The van der Waals surface area contributed by atoms with Crippen LogP contribution in [-0.2, 0) is 10.3 Å². The molecule has 4 aromatic rings. The van der Waals surface area contributed by atoms with Gasteiger partial charge in [-0.3, -0.25) is 15.0 Å². The van der Waals surface area contributed by atoms with Crippen LogP contribution in [0.15, 0.2) is 84.2 Å². The second kappa shape index (κ2) is 8.60. The Morgan fingerprint density at radius 3 is 2.38 bits per heavy atom. The topological polar surface area (TPSA) is 96.3 Å². The van der Waals surface area contributed by atoms with Gasteiger partial charge in [-0.2, -0.15) is 10.1 Å². The summed E-state index contributed by atoms with van der Waals surface area (Å²) in [6.45, 7) is 1.81. The first-order valence-electron chi connectivity index (χ1n) is 10.8. The van der Waals surface area contributed by atoms with E-state index in [1.54, 1.807) is 30.3 Å². The van der Waals surface area contributed by atoms with Crippen molar-refractivity contribution in [2.24, 2.45) is 0 Å². The Kier molecular flexibility index (Phi) is 5.46. The number of hydrogen-bond donors (Lipinski definition) is 2. The Balaban J connectivity index is 1.49. The van der Waals surface area contributed by atoms with Crippen LogP contribution in [0.5, 0.6) is 0 Å². The molecule has 0 radical (unpaired) electrons. The van der Waals surface area contributed by atoms with Gasteiger partial charge in [-0.25, -0.2) is 9.48 Å². The lowest BCUT2D eigenvalue weighted by molar-refractivity contribution is -0.133. The highest BCUT2D eigenvalue weighted by Gasteiger charge is 2.52. The zero-order valence-corrected chi connectivity index (χ0v) is 19.1. The molecule has 1 atom stereocenters. The molecular formula is C25H21N5O3S. The highest BCUT2D eigenvalue weighted by molar-refractivity contribution is 7.13. The Bertz CT molecular complexity index is 1350. The summed E-state index contributed by atoms with van der Waals surface area (Å²) in [6, 6.07) is 23.0. The summed E-state index contributed by atoms with van der Waals surface area (Å²) in [5, 5.41) is 10.1. The first kappa shape index (κ1) is 21.6. The Hall–Kier alpha value is -4.24. The van der Waals surface area contributed by atoms with E-state index in [1.165, 1.54) is 16.0 Å². The Morgan fingerprint density at radius 2 is 1.74 bits per heavy atom. The number of nitrogens with one attached hydrogen (secondary N) is 2. The van der Waals surface area contributed by atoms with E-state index in [0.29, 0.717) is 23.4 Å². The van der Waals surface area contributed by atoms with E-state index in [1.807, 2.05) is 60.8 Å². The Morgan fingerprint density at radius 1 is 1.03 bits per heavy atom. The van der Waals surface area contributed by atoms with Crippen LogP contribution in [-0.4, -0.2) is 32.6 Å². The van der Waals surface area contributed by atoms with Gasteiger partial charge >= 0.3 is 6.03 Å². The fourth-order valence-electron chi connectivity index (χ4n) is 4.05. The number of imide groups is 1. The van der Waals surface area contributed by atoms with Gasteiger partial charge in [-0.1, -0.05) is 61.5 Å². The summed E-state index contributed by atoms with van der Waals surface area (Å²) in [5.41, 5.74) is 3.41. The van der Waals surface area contributed by atoms with Crippen LogP contribution in [0.3, 0.4) is 0 Å². The number of amides is 4. The number of nitrogens with zero attached hydrogens (tertiary/aromatic N) is 3. The number of thiophene rings is 1. The van der Waals surface area contributed by atoms with E-state index in [-0.39, 0.29) is 5.69 Å². The Labute approximate surface area is 199 Å². The van der Waals surface area contributed by atoms with Crippen molar-refractivity contribution >= 4 is 29.2 Å². The summed E-state index contributed by atoms with van der Waals surface area (Å²) in [7, 11) is 0. The first-order valence-corrected chi connectivity index (χ1v) is 11.6. The fraction of sp³-hybridized carbons (Fsp3) is 0.120. The number of carbonyl (C=O) groups is 3. The highest BCUT2D eigenvalue weighted by Crippen LogP contribution is 2.32. The van der Waals surface area contributed by atoms with Crippen molar-refractivity contribution in [3.8, 4) is 16.3 Å². The molecule has 34 heavy (non-hydrogen) atoms. The van der Waals surface area contributed by atoms with E-state index in [4.69, 9.17) is 0 Å². The lowest BCUT2D eigenvalue weighted by Crippen LogP contribution is -2.48. The molecule has 2 N–H and O–H groups in total. The van der Waals surface area contributed by atoms with Gasteiger partial charge in [0.15, 0.2) is 0 Å². The van der Waals surface area contributed by atoms with Crippen LogP contribution in [0.25, 0.3) is 16.3 Å². The number of carbonyl (C=O) groups excluding carboxylic acids is 3. The van der Waals surface area contributed by atoms with Crippen molar-refractivity contribution < 1.29 is 14.4 Å². The summed E-state index contributed by atoms with van der Waals surface area (Å²) < 4.78 is 1.51. The quantitative estimate of drug-likeness (QED) is 0.414. The van der Waals surface area contributed by atoms with E-state index in [0.717, 1.165) is 9.89 Å². The predicted molar refractivity (Wildman–Crippen MR) is 128 cm³/mol. The van der Waals surface area contributed by atoms with Crippen molar-refractivity contribution in [3.63, 3.8) is 0 Å². The van der Waals surface area contributed by atoms with Crippen LogP contribution in [0, 0.1) is 0 Å². The molecule has 0 spiro atoms. The summed E-state index contributed by atoms with van der Waals surface area (Å²) in [5.74, 6) is -1.16. The molecule has 0 unspecified atom stereocenters. The van der Waals surface area contributed by atoms with Gasteiger partial charge in [0.25, 0.3) is 11.8 Å². The standard InChI is InChI=1S/C25H21N5O3S/c1-2-25(17-10-5-3-6-11-17)23(32)30(24(33)26-25)28-22(31)20-16-19(21-14-9-15-34-21)27-29(20)18-12-7-4-8-13-18/h3-16H,2H2,1H3,(H,26,33)(H,28,31)/t25-/m1/s1. The maximum atomic E-state index is 13.4. The van der Waals surface area contributed by atoms with Crippen LogP contribution < -0.4 is 10.7 Å². The van der Waals surface area contributed by atoms with E-state index in [9.17, 15) is 14.4 Å². The lowest BCUT2D eigenvalue weighted by atomic mass is 9.87. The van der Waals surface area contributed by atoms with Crippen molar-refractivity contribution in [1.29, 1.82) is 0 Å². The SMILES string of the molecule is CC[C@]1(c2ccccc2)NC(=O)N(NC(=O)c2cc(-c3cccs3)nn2-c2ccccc2)C1=O. The fourth-order valence-corrected chi connectivity index (χ4v) is 4.73. The van der Waals surface area contributed by atoms with Crippen molar-refractivity contribution in [2.45, 2.75) is 18.9 Å². The molecular weight excluding hydrogens is 450 g/mol. The third-order valence-electron chi connectivity index (χ3n) is 5.82. The molecule has 3 heterocycles. The molecule has 5 rings (SSSR count). The smallest absolute Gasteiger partial charge is 0.318 e. The maximum absolute atomic E-state index is 13.4. The molecule has 0 saturated carbocycles. The number of aromatic nitrogens is 2. The zero-order chi connectivity index (χ0) is 23.7. The van der Waals surface area contributed by atoms with E-state index in [2.05, 4.69) is 15.8 Å². The first-order chi connectivity index (χ1) is 16.5. The number of hydrogen-bond acceptors (Lipinski definition) is 5. The number of rotatable bonds is 6. The van der Waals surface area contributed by atoms with Gasteiger partial charge in [0.05, 0.1) is 10.6 Å². The summed E-state index contributed by atoms with van der Waals surface area (Å²) >= 11 is 1.50. The monoisotopic (exact) mass is 471 g/mol. The lowest BCUT2D eigenvalue weighted by Gasteiger charge is -2.25. The highest BCUT2D eigenvalue weighted by atomic mass is 32.1. The molecule has 1 aliphatic heterocycles. The number of para-hydroxylation sites is 1. The summed E-state index contributed by atoms with van der Waals surface area (Å²) in [6.07, 6.45) is 0.332. The third-order valence-corrected chi connectivity index (χ3v) is 6.71. The second-order valence-electron chi connectivity index (χ2n) is 7.78. The van der Waals surface area contributed by atoms with Gasteiger partial charge in [-0.05, 0) is 41.6 Å². The molecule has 2 aromatic heterocycles. The minimum Gasteiger partial charge on any atom is -0.318 e. The molecule has 0 bridgehead atoms. The summed E-state index contributed by atoms with van der Waals surface area (Å²) in [4.78, 5) is 40.5. The van der Waals surface area contributed by atoms with Crippen molar-refractivity contribution in [2.75, 3.05) is 0 Å². The molecule has 4 amide bonds. The number of benzene rings is 2. The number of hydrazine groups is 1. The van der Waals surface area contributed by atoms with Crippen LogP contribution in [0.1, 0.15) is 29.4 Å². The molecule has 9 heteroatoms. The maximum Gasteiger partial charge on any atom is 0.344 e. The average molecular weight is 472 g/mol. The third kappa shape index (κ3) is 3.56. The van der Waals surface area contributed by atoms with Gasteiger partial charge < -0.3 is 5.32 Å². The predicted octanol–water partition coefficient (Wildman–Crippen LogP) is 4.10. The van der Waals surface area contributed by atoms with Crippen molar-refractivity contribution in [1.82, 2.24) is 25.5 Å². The average Bonchev–Trinajstić information content (AvgIpc) is 3.61. The molecule has 2 aromatic carbocycles. The van der Waals surface area contributed by atoms with E-state index < -0.39 is 23.4 Å². The molecule has 1 aliphatic rings. The normalized spacial score (nSPS) is 17.6. The van der Waals surface area contributed by atoms with Crippen LogP contribution >= 0.6 is 11.3 Å². The largest absolute Gasteiger partial charge is 0.344 e. The minimum atomic E-state index is -1.24. The van der Waals surface area contributed by atoms with Gasteiger partial charge in [0, 0.05) is 0 Å². The van der Waals surface area contributed by atoms with Gasteiger partial charge in [-0.15, -0.1) is 11.3 Å². The molecule has 170 valence electrons.